The van der Waals surface area contributed by atoms with E-state index in [4.69, 9.17) is 5.11 Å². The maximum atomic E-state index is 12.0. The number of carboxylic acids is 1. The molecule has 0 aromatic rings. The Labute approximate surface area is 125 Å². The zero-order chi connectivity index (χ0) is 15.8. The first kappa shape index (κ1) is 17.5. The second-order valence-electron chi connectivity index (χ2n) is 6.02. The van der Waals surface area contributed by atoms with Crippen LogP contribution in [0, 0.1) is 5.92 Å². The molecule has 0 bridgehead atoms. The van der Waals surface area contributed by atoms with Gasteiger partial charge in [-0.15, -0.1) is 0 Å². The highest BCUT2D eigenvalue weighted by molar-refractivity contribution is 5.94. The van der Waals surface area contributed by atoms with Gasteiger partial charge in [0.2, 0.25) is 5.91 Å². The molecule has 3 amide bonds. The molecule has 0 spiro atoms. The van der Waals surface area contributed by atoms with Crippen molar-refractivity contribution in [1.82, 2.24) is 10.2 Å². The van der Waals surface area contributed by atoms with Crippen molar-refractivity contribution >= 4 is 17.9 Å². The molecule has 0 aromatic carbocycles. The summed E-state index contributed by atoms with van der Waals surface area (Å²) in [5.41, 5.74) is 0. The van der Waals surface area contributed by atoms with Crippen LogP contribution >= 0.6 is 0 Å². The molecule has 0 aliphatic heterocycles. The van der Waals surface area contributed by atoms with Crippen molar-refractivity contribution in [2.45, 2.75) is 64.3 Å². The lowest BCUT2D eigenvalue weighted by Crippen LogP contribution is -2.46. The molecular formula is C15H26N2O4. The van der Waals surface area contributed by atoms with E-state index >= 15 is 0 Å². The maximum Gasteiger partial charge on any atom is 0.324 e. The number of aliphatic carboxylic acids is 1. The molecule has 6 heteroatoms. The third-order valence-corrected chi connectivity index (χ3v) is 4.00. The Kier molecular flexibility index (Phi) is 7.19. The summed E-state index contributed by atoms with van der Waals surface area (Å²) >= 11 is 0. The second-order valence-corrected chi connectivity index (χ2v) is 6.02. The highest BCUT2D eigenvalue weighted by Gasteiger charge is 2.23. The molecule has 1 rings (SSSR count). The van der Waals surface area contributed by atoms with Gasteiger partial charge in [-0.25, -0.2) is 4.79 Å². The van der Waals surface area contributed by atoms with E-state index in [2.05, 4.69) is 5.32 Å². The Hall–Kier alpha value is -1.59. The molecule has 120 valence electrons. The summed E-state index contributed by atoms with van der Waals surface area (Å²) in [4.78, 5) is 36.0. The minimum absolute atomic E-state index is 0.0521. The first-order valence-electron chi connectivity index (χ1n) is 7.68. The SMILES string of the molecule is CC(CC(=O)O)CC(=O)NC(=O)N(C)C1CCCCCC1. The smallest absolute Gasteiger partial charge is 0.324 e. The topological polar surface area (TPSA) is 86.7 Å². The van der Waals surface area contributed by atoms with Crippen LogP contribution in [0.2, 0.25) is 0 Å². The first-order valence-corrected chi connectivity index (χ1v) is 7.68. The second kappa shape index (κ2) is 8.64. The van der Waals surface area contributed by atoms with Crippen LogP contribution in [0.1, 0.15) is 58.3 Å². The largest absolute Gasteiger partial charge is 0.481 e. The quantitative estimate of drug-likeness (QED) is 0.763. The number of hydrogen-bond acceptors (Lipinski definition) is 3. The fraction of sp³-hybridized carbons (Fsp3) is 0.800. The number of carboxylic acid groups (broad SMARTS) is 1. The van der Waals surface area contributed by atoms with Crippen molar-refractivity contribution in [2.75, 3.05) is 7.05 Å². The zero-order valence-electron chi connectivity index (χ0n) is 12.9. The summed E-state index contributed by atoms with van der Waals surface area (Å²) in [5, 5.41) is 11.0. The molecule has 0 heterocycles. The highest BCUT2D eigenvalue weighted by atomic mass is 16.4. The lowest BCUT2D eigenvalue weighted by Gasteiger charge is -2.27. The number of nitrogens with one attached hydrogen (secondary N) is 1. The van der Waals surface area contributed by atoms with E-state index in [-0.39, 0.29) is 30.8 Å². The van der Waals surface area contributed by atoms with Gasteiger partial charge in [-0.1, -0.05) is 32.6 Å². The fourth-order valence-electron chi connectivity index (χ4n) is 2.76. The van der Waals surface area contributed by atoms with Crippen LogP contribution in [-0.2, 0) is 9.59 Å². The van der Waals surface area contributed by atoms with Crippen LogP contribution in [0.4, 0.5) is 4.79 Å². The summed E-state index contributed by atoms with van der Waals surface area (Å²) in [7, 11) is 1.72. The third kappa shape index (κ3) is 6.60. The van der Waals surface area contributed by atoms with Gasteiger partial charge < -0.3 is 10.0 Å². The van der Waals surface area contributed by atoms with Crippen molar-refractivity contribution in [1.29, 1.82) is 0 Å². The van der Waals surface area contributed by atoms with Gasteiger partial charge >= 0.3 is 12.0 Å². The summed E-state index contributed by atoms with van der Waals surface area (Å²) in [6, 6.07) is -0.189. The van der Waals surface area contributed by atoms with Crippen LogP contribution in [0.3, 0.4) is 0 Å². The van der Waals surface area contributed by atoms with Crippen molar-refractivity contribution in [3.63, 3.8) is 0 Å². The van der Waals surface area contributed by atoms with Gasteiger partial charge in [0.25, 0.3) is 0 Å². The third-order valence-electron chi connectivity index (χ3n) is 4.00. The summed E-state index contributed by atoms with van der Waals surface area (Å²) in [6.07, 6.45) is 6.59. The van der Waals surface area contributed by atoms with E-state index in [1.54, 1.807) is 18.9 Å². The molecule has 1 fully saturated rings. The van der Waals surface area contributed by atoms with Crippen LogP contribution in [0.15, 0.2) is 0 Å². The lowest BCUT2D eigenvalue weighted by atomic mass is 10.0. The number of nitrogens with zero attached hydrogens (tertiary/aromatic N) is 1. The Morgan fingerprint density at radius 2 is 1.71 bits per heavy atom. The van der Waals surface area contributed by atoms with Gasteiger partial charge in [-0.05, 0) is 18.8 Å². The molecule has 1 saturated carbocycles. The molecular weight excluding hydrogens is 272 g/mol. The van der Waals surface area contributed by atoms with Crippen molar-refractivity contribution < 1.29 is 19.5 Å². The van der Waals surface area contributed by atoms with Gasteiger partial charge in [0, 0.05) is 25.9 Å². The van der Waals surface area contributed by atoms with Crippen LogP contribution in [0.25, 0.3) is 0 Å². The minimum atomic E-state index is -0.933. The average molecular weight is 298 g/mol. The monoisotopic (exact) mass is 298 g/mol. The van der Waals surface area contributed by atoms with Gasteiger partial charge in [-0.2, -0.15) is 0 Å². The molecule has 1 unspecified atom stereocenters. The zero-order valence-corrected chi connectivity index (χ0v) is 12.9. The van der Waals surface area contributed by atoms with Crippen LogP contribution in [-0.4, -0.2) is 41.0 Å². The van der Waals surface area contributed by atoms with E-state index in [1.165, 1.54) is 12.8 Å². The average Bonchev–Trinajstić information content (AvgIpc) is 2.64. The van der Waals surface area contributed by atoms with Gasteiger partial charge in [0.15, 0.2) is 0 Å². The number of imide groups is 1. The maximum absolute atomic E-state index is 12.0. The Bertz CT molecular complexity index is 376. The van der Waals surface area contributed by atoms with E-state index < -0.39 is 11.9 Å². The summed E-state index contributed by atoms with van der Waals surface area (Å²) in [5.74, 6) is -1.62. The number of carbonyl (C=O) groups is 3. The van der Waals surface area contributed by atoms with Gasteiger partial charge in [0.1, 0.15) is 0 Å². The Balaban J connectivity index is 2.40. The lowest BCUT2D eigenvalue weighted by molar-refractivity contribution is -0.138. The summed E-state index contributed by atoms with van der Waals surface area (Å²) in [6.45, 7) is 1.69. The predicted molar refractivity (Wildman–Crippen MR) is 78.8 cm³/mol. The Morgan fingerprint density at radius 3 is 2.24 bits per heavy atom. The van der Waals surface area contributed by atoms with Gasteiger partial charge in [0.05, 0.1) is 0 Å². The molecule has 0 radical (unpaired) electrons. The van der Waals surface area contributed by atoms with E-state index in [1.807, 2.05) is 0 Å². The van der Waals surface area contributed by atoms with Crippen LogP contribution < -0.4 is 5.32 Å². The van der Waals surface area contributed by atoms with Crippen molar-refractivity contribution in [3.8, 4) is 0 Å². The highest BCUT2D eigenvalue weighted by Crippen LogP contribution is 2.21. The normalized spacial score (nSPS) is 17.6. The molecule has 21 heavy (non-hydrogen) atoms. The fourth-order valence-corrected chi connectivity index (χ4v) is 2.76. The number of hydrogen-bond donors (Lipinski definition) is 2. The van der Waals surface area contributed by atoms with Gasteiger partial charge in [-0.3, -0.25) is 14.9 Å². The number of urea groups is 1. The predicted octanol–water partition coefficient (Wildman–Crippen LogP) is 2.38. The number of carbonyl (C=O) groups excluding carboxylic acids is 2. The van der Waals surface area contributed by atoms with Crippen LogP contribution in [0.5, 0.6) is 0 Å². The summed E-state index contributed by atoms with van der Waals surface area (Å²) < 4.78 is 0. The molecule has 1 aliphatic carbocycles. The molecule has 0 aromatic heterocycles. The number of amides is 3. The van der Waals surface area contributed by atoms with E-state index in [9.17, 15) is 14.4 Å². The van der Waals surface area contributed by atoms with Crippen molar-refractivity contribution in [2.24, 2.45) is 5.92 Å². The van der Waals surface area contributed by atoms with E-state index in [0.29, 0.717) is 0 Å². The molecule has 0 saturated heterocycles. The molecule has 2 N–H and O–H groups in total. The van der Waals surface area contributed by atoms with Crippen molar-refractivity contribution in [3.05, 3.63) is 0 Å². The molecule has 1 atom stereocenters. The molecule has 1 aliphatic rings. The minimum Gasteiger partial charge on any atom is -0.481 e. The number of rotatable bonds is 5. The standard InChI is InChI=1S/C15H26N2O4/c1-11(10-14(19)20)9-13(18)16-15(21)17(2)12-7-5-3-4-6-8-12/h11-12H,3-10H2,1-2H3,(H,19,20)(H,16,18,21). The molecule has 6 nitrogen and oxygen atoms in total. The van der Waals surface area contributed by atoms with E-state index in [0.717, 1.165) is 25.7 Å². The first-order chi connectivity index (χ1) is 9.90. The Morgan fingerprint density at radius 1 is 1.14 bits per heavy atom.